The molecule has 1 saturated carbocycles. The van der Waals surface area contributed by atoms with Crippen LogP contribution in [0.1, 0.15) is 85.1 Å². The Morgan fingerprint density at radius 1 is 1.21 bits per heavy atom. The number of carbonyl (C=O) groups excluding carboxylic acids is 2. The van der Waals surface area contributed by atoms with Crippen molar-refractivity contribution in [1.82, 2.24) is 9.80 Å². The van der Waals surface area contributed by atoms with Gasteiger partial charge in [0.05, 0.1) is 0 Å². The van der Waals surface area contributed by atoms with Crippen molar-refractivity contribution in [3.05, 3.63) is 29.8 Å². The van der Waals surface area contributed by atoms with Gasteiger partial charge in [-0.05, 0) is 69.1 Å². The lowest BCUT2D eigenvalue weighted by atomic mass is 9.68. The molecule has 2 atom stereocenters. The van der Waals surface area contributed by atoms with E-state index in [-0.39, 0.29) is 35.1 Å². The van der Waals surface area contributed by atoms with Crippen molar-refractivity contribution in [3.8, 4) is 5.75 Å². The molecule has 3 rings (SSSR count). The van der Waals surface area contributed by atoms with E-state index in [1.165, 1.54) is 6.42 Å². The molecule has 6 heteroatoms. The van der Waals surface area contributed by atoms with Gasteiger partial charge in [0.2, 0.25) is 5.91 Å². The summed E-state index contributed by atoms with van der Waals surface area (Å²) in [5.74, 6) is 0.644. The molecule has 0 bridgehead atoms. The van der Waals surface area contributed by atoms with Crippen LogP contribution in [0.15, 0.2) is 24.3 Å². The molecular formula is C27H42N2O4. The van der Waals surface area contributed by atoms with Crippen molar-refractivity contribution in [2.24, 2.45) is 5.92 Å². The van der Waals surface area contributed by atoms with Crippen LogP contribution >= 0.6 is 0 Å². The largest absolute Gasteiger partial charge is 0.508 e. The Balaban J connectivity index is 1.62. The van der Waals surface area contributed by atoms with Crippen LogP contribution in [0.5, 0.6) is 5.75 Å². The Labute approximate surface area is 199 Å². The van der Waals surface area contributed by atoms with E-state index in [9.17, 15) is 14.7 Å². The van der Waals surface area contributed by atoms with Crippen molar-refractivity contribution in [2.45, 2.75) is 96.6 Å². The molecule has 0 radical (unpaired) electrons. The zero-order valence-corrected chi connectivity index (χ0v) is 21.1. The average Bonchev–Trinajstić information content (AvgIpc) is 2.75. The quantitative estimate of drug-likeness (QED) is 0.634. The smallest absolute Gasteiger partial charge is 0.410 e. The summed E-state index contributed by atoms with van der Waals surface area (Å²) in [6.07, 6.45) is 6.29. The summed E-state index contributed by atoms with van der Waals surface area (Å²) in [5.41, 5.74) is 0.489. The standard InChI is InChI=1S/C27H42N2O4/c1-20-19-28(17-15-27(20,5)21-10-9-13-23(30)18-21)24(31)14-16-29(22-11-7-6-8-12-22)25(32)33-26(2,3)4/h9-10,13,18,20,22,30H,6-8,11-12,14-17,19H2,1-5H3. The fraction of sp³-hybridized carbons (Fsp3) is 0.704. The van der Waals surface area contributed by atoms with Crippen LogP contribution in [-0.2, 0) is 14.9 Å². The van der Waals surface area contributed by atoms with E-state index in [4.69, 9.17) is 4.74 Å². The van der Waals surface area contributed by atoms with Crippen LogP contribution < -0.4 is 0 Å². The van der Waals surface area contributed by atoms with Gasteiger partial charge in [-0.15, -0.1) is 0 Å². The summed E-state index contributed by atoms with van der Waals surface area (Å²) in [7, 11) is 0. The molecule has 2 unspecified atom stereocenters. The highest BCUT2D eigenvalue weighted by Crippen LogP contribution is 2.40. The number of aromatic hydroxyl groups is 1. The number of ether oxygens (including phenoxy) is 1. The first-order valence-corrected chi connectivity index (χ1v) is 12.6. The third-order valence-corrected chi connectivity index (χ3v) is 7.55. The second kappa shape index (κ2) is 10.4. The highest BCUT2D eigenvalue weighted by molar-refractivity contribution is 5.77. The van der Waals surface area contributed by atoms with Gasteiger partial charge in [-0.2, -0.15) is 0 Å². The Morgan fingerprint density at radius 2 is 1.91 bits per heavy atom. The summed E-state index contributed by atoms with van der Waals surface area (Å²) in [5, 5.41) is 9.92. The number of hydrogen-bond acceptors (Lipinski definition) is 4. The van der Waals surface area contributed by atoms with Gasteiger partial charge in [-0.1, -0.05) is 45.2 Å². The topological polar surface area (TPSA) is 70.1 Å². The van der Waals surface area contributed by atoms with Gasteiger partial charge in [-0.25, -0.2) is 4.79 Å². The van der Waals surface area contributed by atoms with Gasteiger partial charge in [0.15, 0.2) is 0 Å². The molecule has 2 fully saturated rings. The first kappa shape index (κ1) is 25.4. The highest BCUT2D eigenvalue weighted by Gasteiger charge is 2.39. The van der Waals surface area contributed by atoms with E-state index in [0.717, 1.165) is 37.7 Å². The van der Waals surface area contributed by atoms with Crippen LogP contribution in [0.4, 0.5) is 4.79 Å². The van der Waals surface area contributed by atoms with Gasteiger partial charge >= 0.3 is 6.09 Å². The molecule has 1 aromatic rings. The van der Waals surface area contributed by atoms with Crippen molar-refractivity contribution < 1.29 is 19.4 Å². The lowest BCUT2D eigenvalue weighted by Gasteiger charge is -2.45. The number of benzene rings is 1. The van der Waals surface area contributed by atoms with E-state index in [2.05, 4.69) is 19.9 Å². The number of nitrogens with zero attached hydrogens (tertiary/aromatic N) is 2. The number of phenolic OH excluding ortho intramolecular Hbond substituents is 1. The summed E-state index contributed by atoms with van der Waals surface area (Å²) in [4.78, 5) is 29.8. The van der Waals surface area contributed by atoms with E-state index in [0.29, 0.717) is 26.1 Å². The van der Waals surface area contributed by atoms with Crippen LogP contribution in [0.25, 0.3) is 0 Å². The molecule has 1 aliphatic carbocycles. The Hall–Kier alpha value is -2.24. The van der Waals surface area contributed by atoms with Crippen LogP contribution in [-0.4, -0.2) is 58.2 Å². The van der Waals surface area contributed by atoms with Crippen molar-refractivity contribution >= 4 is 12.0 Å². The number of likely N-dealkylation sites (tertiary alicyclic amines) is 1. The van der Waals surface area contributed by atoms with Crippen LogP contribution in [0.3, 0.4) is 0 Å². The third-order valence-electron chi connectivity index (χ3n) is 7.55. The predicted molar refractivity (Wildman–Crippen MR) is 130 cm³/mol. The molecule has 6 nitrogen and oxygen atoms in total. The maximum Gasteiger partial charge on any atom is 0.410 e. The summed E-state index contributed by atoms with van der Waals surface area (Å²) in [6.45, 7) is 11.8. The first-order chi connectivity index (χ1) is 15.5. The minimum atomic E-state index is -0.549. The highest BCUT2D eigenvalue weighted by atomic mass is 16.6. The maximum atomic E-state index is 13.1. The fourth-order valence-electron chi connectivity index (χ4n) is 5.26. The summed E-state index contributed by atoms with van der Waals surface area (Å²) >= 11 is 0. The van der Waals surface area contributed by atoms with Gasteiger partial charge < -0.3 is 19.6 Å². The molecule has 184 valence electrons. The molecule has 1 aliphatic heterocycles. The molecule has 0 spiro atoms. The second-order valence-electron chi connectivity index (χ2n) is 11.2. The third kappa shape index (κ3) is 6.42. The second-order valence-corrected chi connectivity index (χ2v) is 11.2. The maximum absolute atomic E-state index is 13.1. The SMILES string of the molecule is CC1CN(C(=O)CCN(C(=O)OC(C)(C)C)C2CCCCC2)CCC1(C)c1cccc(O)c1. The predicted octanol–water partition coefficient (Wildman–Crippen LogP) is 5.48. The van der Waals surface area contributed by atoms with E-state index in [1.807, 2.05) is 42.7 Å². The van der Waals surface area contributed by atoms with Gasteiger partial charge in [-0.3, -0.25) is 4.79 Å². The van der Waals surface area contributed by atoms with Crippen LogP contribution in [0.2, 0.25) is 0 Å². The fourth-order valence-corrected chi connectivity index (χ4v) is 5.26. The lowest BCUT2D eigenvalue weighted by Crippen LogP contribution is -2.50. The minimum Gasteiger partial charge on any atom is -0.508 e. The number of hydrogen-bond donors (Lipinski definition) is 1. The summed E-state index contributed by atoms with van der Waals surface area (Å²) < 4.78 is 5.68. The molecule has 0 aromatic heterocycles. The van der Waals surface area contributed by atoms with Crippen molar-refractivity contribution in [3.63, 3.8) is 0 Å². The van der Waals surface area contributed by atoms with E-state index >= 15 is 0 Å². The molecule has 1 N–H and O–H groups in total. The molecule has 1 heterocycles. The van der Waals surface area contributed by atoms with E-state index < -0.39 is 5.60 Å². The first-order valence-electron chi connectivity index (χ1n) is 12.6. The van der Waals surface area contributed by atoms with Crippen LogP contribution in [0, 0.1) is 5.92 Å². The molecule has 2 aliphatic rings. The Bertz CT molecular complexity index is 828. The molecule has 2 amide bonds. The van der Waals surface area contributed by atoms with Crippen molar-refractivity contribution in [1.29, 1.82) is 0 Å². The number of carbonyl (C=O) groups is 2. The van der Waals surface area contributed by atoms with E-state index in [1.54, 1.807) is 6.07 Å². The number of phenols is 1. The number of piperidine rings is 1. The Kier molecular flexibility index (Phi) is 7.96. The normalized spacial score (nSPS) is 24.4. The van der Waals surface area contributed by atoms with Crippen molar-refractivity contribution in [2.75, 3.05) is 19.6 Å². The number of rotatable bonds is 5. The van der Waals surface area contributed by atoms with Gasteiger partial charge in [0.1, 0.15) is 11.4 Å². The summed E-state index contributed by atoms with van der Waals surface area (Å²) in [6, 6.07) is 7.65. The molecular weight excluding hydrogens is 416 g/mol. The zero-order chi connectivity index (χ0) is 24.2. The molecule has 1 aromatic carbocycles. The molecule has 1 saturated heterocycles. The minimum absolute atomic E-state index is 0.0832. The monoisotopic (exact) mass is 458 g/mol. The Morgan fingerprint density at radius 3 is 2.52 bits per heavy atom. The van der Waals surface area contributed by atoms with Gasteiger partial charge in [0, 0.05) is 32.1 Å². The molecule has 33 heavy (non-hydrogen) atoms. The lowest BCUT2D eigenvalue weighted by molar-refractivity contribution is -0.134. The van der Waals surface area contributed by atoms with Gasteiger partial charge in [0.25, 0.3) is 0 Å². The average molecular weight is 459 g/mol. The zero-order valence-electron chi connectivity index (χ0n) is 21.1. The number of amides is 2.